The normalized spacial score (nSPS) is 11.1. The summed E-state index contributed by atoms with van der Waals surface area (Å²) in [7, 11) is 0. The zero-order chi connectivity index (χ0) is 9.14. The van der Waals surface area contributed by atoms with Gasteiger partial charge in [-0.2, -0.15) is 0 Å². The number of oxazole rings is 1. The summed E-state index contributed by atoms with van der Waals surface area (Å²) in [6.07, 6.45) is 0.220. The van der Waals surface area contributed by atoms with Gasteiger partial charge in [0.1, 0.15) is 12.4 Å². The number of nitrogens with zero attached hydrogens (tertiary/aromatic N) is 1. The van der Waals surface area contributed by atoms with Gasteiger partial charge in [-0.05, 0) is 27.7 Å². The SMILES string of the molecule is Cc1nc(COC(C)C)oc1C. The Kier molecular flexibility index (Phi) is 2.87. The van der Waals surface area contributed by atoms with Gasteiger partial charge in [0.15, 0.2) is 0 Å². The van der Waals surface area contributed by atoms with Gasteiger partial charge in [0.05, 0.1) is 11.8 Å². The average molecular weight is 169 g/mol. The van der Waals surface area contributed by atoms with Gasteiger partial charge in [-0.15, -0.1) is 0 Å². The van der Waals surface area contributed by atoms with Crippen LogP contribution in [0.3, 0.4) is 0 Å². The van der Waals surface area contributed by atoms with E-state index in [2.05, 4.69) is 4.98 Å². The molecule has 0 aromatic carbocycles. The monoisotopic (exact) mass is 169 g/mol. The van der Waals surface area contributed by atoms with Crippen molar-refractivity contribution in [3.05, 3.63) is 17.3 Å². The summed E-state index contributed by atoms with van der Waals surface area (Å²) in [5, 5.41) is 0. The van der Waals surface area contributed by atoms with E-state index >= 15 is 0 Å². The molecule has 0 saturated heterocycles. The van der Waals surface area contributed by atoms with E-state index in [1.165, 1.54) is 0 Å². The van der Waals surface area contributed by atoms with Crippen LogP contribution in [0.25, 0.3) is 0 Å². The Balaban J connectivity index is 2.53. The van der Waals surface area contributed by atoms with Gasteiger partial charge in [-0.1, -0.05) is 0 Å². The van der Waals surface area contributed by atoms with Crippen LogP contribution in [0, 0.1) is 13.8 Å². The summed E-state index contributed by atoms with van der Waals surface area (Å²) in [6, 6.07) is 0. The molecule has 3 heteroatoms. The Morgan fingerprint density at radius 3 is 2.50 bits per heavy atom. The predicted molar refractivity (Wildman–Crippen MR) is 45.9 cm³/mol. The fourth-order valence-corrected chi connectivity index (χ4v) is 0.839. The van der Waals surface area contributed by atoms with E-state index in [1.54, 1.807) is 0 Å². The third-order valence-electron chi connectivity index (χ3n) is 1.61. The van der Waals surface area contributed by atoms with Gasteiger partial charge in [-0.25, -0.2) is 4.98 Å². The molecule has 0 unspecified atom stereocenters. The topological polar surface area (TPSA) is 35.3 Å². The molecule has 0 amide bonds. The minimum absolute atomic E-state index is 0.220. The highest BCUT2D eigenvalue weighted by molar-refractivity contribution is 5.04. The molecule has 0 aliphatic carbocycles. The van der Waals surface area contributed by atoms with Crippen molar-refractivity contribution in [1.29, 1.82) is 0 Å². The molecule has 0 N–H and O–H groups in total. The Morgan fingerprint density at radius 2 is 2.08 bits per heavy atom. The second kappa shape index (κ2) is 3.72. The Labute approximate surface area is 72.7 Å². The van der Waals surface area contributed by atoms with Crippen molar-refractivity contribution in [3.63, 3.8) is 0 Å². The highest BCUT2D eigenvalue weighted by Gasteiger charge is 2.05. The molecule has 0 aliphatic rings. The molecule has 1 rings (SSSR count). The van der Waals surface area contributed by atoms with Gasteiger partial charge in [-0.3, -0.25) is 0 Å². The van der Waals surface area contributed by atoms with E-state index < -0.39 is 0 Å². The summed E-state index contributed by atoms with van der Waals surface area (Å²) in [6.45, 7) is 8.27. The van der Waals surface area contributed by atoms with Crippen LogP contribution in [0.4, 0.5) is 0 Å². The first-order valence-electron chi connectivity index (χ1n) is 4.14. The van der Waals surface area contributed by atoms with Crippen LogP contribution in [-0.4, -0.2) is 11.1 Å². The van der Waals surface area contributed by atoms with Crippen molar-refractivity contribution in [3.8, 4) is 0 Å². The molecule has 12 heavy (non-hydrogen) atoms. The zero-order valence-corrected chi connectivity index (χ0v) is 8.05. The predicted octanol–water partition coefficient (Wildman–Crippen LogP) is 2.22. The molecule has 0 radical (unpaired) electrons. The molecule has 1 heterocycles. The standard InChI is InChI=1S/C9H15NO2/c1-6(2)11-5-9-10-7(3)8(4)12-9/h6H,5H2,1-4H3. The van der Waals surface area contributed by atoms with E-state index in [1.807, 2.05) is 27.7 Å². The summed E-state index contributed by atoms with van der Waals surface area (Å²) >= 11 is 0. The maximum atomic E-state index is 5.34. The molecule has 0 saturated carbocycles. The largest absolute Gasteiger partial charge is 0.443 e. The van der Waals surface area contributed by atoms with Crippen molar-refractivity contribution in [1.82, 2.24) is 4.98 Å². The van der Waals surface area contributed by atoms with Gasteiger partial charge in [0.25, 0.3) is 0 Å². The van der Waals surface area contributed by atoms with Crippen LogP contribution >= 0.6 is 0 Å². The van der Waals surface area contributed by atoms with Crippen LogP contribution < -0.4 is 0 Å². The summed E-state index contributed by atoms with van der Waals surface area (Å²) in [5.41, 5.74) is 0.942. The van der Waals surface area contributed by atoms with Crippen LogP contribution in [0.2, 0.25) is 0 Å². The number of hydrogen-bond acceptors (Lipinski definition) is 3. The molecule has 0 fully saturated rings. The minimum atomic E-state index is 0.220. The Morgan fingerprint density at radius 1 is 1.42 bits per heavy atom. The zero-order valence-electron chi connectivity index (χ0n) is 8.05. The third kappa shape index (κ3) is 2.34. The van der Waals surface area contributed by atoms with Crippen LogP contribution in [-0.2, 0) is 11.3 Å². The van der Waals surface area contributed by atoms with Crippen molar-refractivity contribution in [2.45, 2.75) is 40.4 Å². The maximum absolute atomic E-state index is 5.34. The van der Waals surface area contributed by atoms with Crippen LogP contribution in [0.5, 0.6) is 0 Å². The summed E-state index contributed by atoms with van der Waals surface area (Å²) < 4.78 is 10.7. The van der Waals surface area contributed by atoms with E-state index in [9.17, 15) is 0 Å². The second-order valence-electron chi connectivity index (χ2n) is 3.11. The van der Waals surface area contributed by atoms with Gasteiger partial charge < -0.3 is 9.15 Å². The van der Waals surface area contributed by atoms with Crippen molar-refractivity contribution < 1.29 is 9.15 Å². The molecule has 1 aromatic heterocycles. The summed E-state index contributed by atoms with van der Waals surface area (Å²) in [5.74, 6) is 1.54. The molecule has 0 bridgehead atoms. The highest BCUT2D eigenvalue weighted by atomic mass is 16.5. The van der Waals surface area contributed by atoms with Crippen molar-refractivity contribution in [2.75, 3.05) is 0 Å². The fourth-order valence-electron chi connectivity index (χ4n) is 0.839. The number of ether oxygens (including phenoxy) is 1. The molecular formula is C9H15NO2. The van der Waals surface area contributed by atoms with E-state index in [-0.39, 0.29) is 6.10 Å². The lowest BCUT2D eigenvalue weighted by Crippen LogP contribution is -2.02. The smallest absolute Gasteiger partial charge is 0.220 e. The molecule has 0 spiro atoms. The average Bonchev–Trinajstić information content (AvgIpc) is 2.28. The quantitative estimate of drug-likeness (QED) is 0.696. The van der Waals surface area contributed by atoms with Gasteiger partial charge in [0, 0.05) is 0 Å². The molecular weight excluding hydrogens is 154 g/mol. The Bertz CT molecular complexity index is 234. The van der Waals surface area contributed by atoms with Crippen molar-refractivity contribution in [2.24, 2.45) is 0 Å². The molecule has 68 valence electrons. The van der Waals surface area contributed by atoms with E-state index in [0.29, 0.717) is 12.5 Å². The van der Waals surface area contributed by atoms with Crippen molar-refractivity contribution >= 4 is 0 Å². The molecule has 0 aliphatic heterocycles. The lowest BCUT2D eigenvalue weighted by molar-refractivity contribution is 0.0513. The van der Waals surface area contributed by atoms with Gasteiger partial charge >= 0.3 is 0 Å². The first-order chi connectivity index (χ1) is 5.59. The second-order valence-corrected chi connectivity index (χ2v) is 3.11. The lowest BCUT2D eigenvalue weighted by Gasteiger charge is -2.03. The molecule has 1 aromatic rings. The molecule has 3 nitrogen and oxygen atoms in total. The fraction of sp³-hybridized carbons (Fsp3) is 0.667. The van der Waals surface area contributed by atoms with Crippen LogP contribution in [0.15, 0.2) is 4.42 Å². The third-order valence-corrected chi connectivity index (χ3v) is 1.61. The number of hydrogen-bond donors (Lipinski definition) is 0. The Hall–Kier alpha value is -0.830. The number of rotatable bonds is 3. The lowest BCUT2D eigenvalue weighted by atomic mass is 10.4. The van der Waals surface area contributed by atoms with Crippen LogP contribution in [0.1, 0.15) is 31.2 Å². The first-order valence-corrected chi connectivity index (χ1v) is 4.14. The molecule has 0 atom stereocenters. The maximum Gasteiger partial charge on any atom is 0.220 e. The minimum Gasteiger partial charge on any atom is -0.443 e. The number of aromatic nitrogens is 1. The van der Waals surface area contributed by atoms with E-state index in [0.717, 1.165) is 11.5 Å². The number of aryl methyl sites for hydroxylation is 2. The van der Waals surface area contributed by atoms with Gasteiger partial charge in [0.2, 0.25) is 5.89 Å². The summed E-state index contributed by atoms with van der Waals surface area (Å²) in [4.78, 5) is 4.19. The highest BCUT2D eigenvalue weighted by Crippen LogP contribution is 2.09. The van der Waals surface area contributed by atoms with E-state index in [4.69, 9.17) is 9.15 Å². The first kappa shape index (κ1) is 9.26.